The maximum absolute atomic E-state index is 11.4. The van der Waals surface area contributed by atoms with Gasteiger partial charge >= 0.3 is 6.09 Å². The van der Waals surface area contributed by atoms with Crippen LogP contribution < -0.4 is 11.1 Å². The van der Waals surface area contributed by atoms with Crippen molar-refractivity contribution < 1.29 is 9.53 Å². The van der Waals surface area contributed by atoms with Gasteiger partial charge in [0.2, 0.25) is 0 Å². The number of rotatable bonds is 2. The summed E-state index contributed by atoms with van der Waals surface area (Å²) in [5.74, 6) is 0.546. The molecule has 0 radical (unpaired) electrons. The minimum Gasteiger partial charge on any atom is -0.444 e. The van der Waals surface area contributed by atoms with E-state index >= 15 is 0 Å². The molecule has 1 fully saturated rings. The highest BCUT2D eigenvalue weighted by atomic mass is 35.5. The summed E-state index contributed by atoms with van der Waals surface area (Å²) >= 11 is 0. The second-order valence-corrected chi connectivity index (χ2v) is 5.43. The van der Waals surface area contributed by atoms with E-state index in [1.807, 2.05) is 27.7 Å². The van der Waals surface area contributed by atoms with E-state index in [2.05, 4.69) is 5.32 Å². The first-order chi connectivity index (χ1) is 6.78. The summed E-state index contributed by atoms with van der Waals surface area (Å²) in [6.45, 7) is 7.59. The molecule has 0 aromatic rings. The van der Waals surface area contributed by atoms with E-state index < -0.39 is 5.60 Å². The van der Waals surface area contributed by atoms with Crippen molar-refractivity contribution in [2.24, 2.45) is 11.7 Å². The van der Waals surface area contributed by atoms with Gasteiger partial charge in [-0.25, -0.2) is 4.79 Å². The number of hydrogen-bond donors (Lipinski definition) is 2. The number of nitrogens with one attached hydrogen (secondary N) is 1. The number of ether oxygens (including phenoxy) is 1. The maximum Gasteiger partial charge on any atom is 0.407 e. The predicted molar refractivity (Wildman–Crippen MR) is 66.8 cm³/mol. The number of carbonyl (C=O) groups excluding carboxylic acids is 1. The fourth-order valence-electron chi connectivity index (χ4n) is 1.68. The quantitative estimate of drug-likeness (QED) is 0.789. The van der Waals surface area contributed by atoms with Crippen LogP contribution in [0.15, 0.2) is 0 Å². The van der Waals surface area contributed by atoms with Gasteiger partial charge in [-0.3, -0.25) is 0 Å². The van der Waals surface area contributed by atoms with Crippen molar-refractivity contribution in [1.29, 1.82) is 0 Å². The van der Waals surface area contributed by atoms with E-state index in [1.165, 1.54) is 0 Å². The highest BCUT2D eigenvalue weighted by Crippen LogP contribution is 2.29. The van der Waals surface area contributed by atoms with Gasteiger partial charge in [-0.2, -0.15) is 0 Å². The Bertz CT molecular complexity index is 233. The van der Waals surface area contributed by atoms with Crippen molar-refractivity contribution in [3.05, 3.63) is 0 Å². The summed E-state index contributed by atoms with van der Waals surface area (Å²) in [4.78, 5) is 11.4. The van der Waals surface area contributed by atoms with Crippen molar-refractivity contribution in [3.8, 4) is 0 Å². The third-order valence-electron chi connectivity index (χ3n) is 2.64. The van der Waals surface area contributed by atoms with Crippen LogP contribution in [0.5, 0.6) is 0 Å². The monoisotopic (exact) mass is 250 g/mol. The Morgan fingerprint density at radius 2 is 1.94 bits per heavy atom. The number of nitrogens with two attached hydrogens (primary N) is 1. The Kier molecular flexibility index (Phi) is 5.56. The molecule has 16 heavy (non-hydrogen) atoms. The molecule has 1 amide bonds. The number of hydrogen-bond acceptors (Lipinski definition) is 3. The Morgan fingerprint density at radius 3 is 2.31 bits per heavy atom. The molecule has 96 valence electrons. The molecule has 1 rings (SSSR count). The van der Waals surface area contributed by atoms with Crippen molar-refractivity contribution in [2.75, 3.05) is 0 Å². The van der Waals surface area contributed by atoms with E-state index in [1.54, 1.807) is 0 Å². The number of amides is 1. The average molecular weight is 251 g/mol. The van der Waals surface area contributed by atoms with Crippen LogP contribution >= 0.6 is 12.4 Å². The molecule has 1 aliphatic rings. The zero-order valence-corrected chi connectivity index (χ0v) is 11.3. The molecular formula is C11H23ClN2O2. The normalized spacial score (nSPS) is 26.1. The topological polar surface area (TPSA) is 64.3 Å². The molecule has 0 aliphatic heterocycles. The third-order valence-corrected chi connectivity index (χ3v) is 2.64. The van der Waals surface area contributed by atoms with Crippen molar-refractivity contribution in [2.45, 2.75) is 58.2 Å². The van der Waals surface area contributed by atoms with Crippen LogP contribution in [0.2, 0.25) is 0 Å². The van der Waals surface area contributed by atoms with Crippen LogP contribution in [0, 0.1) is 5.92 Å². The van der Waals surface area contributed by atoms with Gasteiger partial charge in [0.05, 0.1) is 0 Å². The Labute approximate surface area is 104 Å². The van der Waals surface area contributed by atoms with Crippen LogP contribution in [0.1, 0.15) is 40.5 Å². The predicted octanol–water partition coefficient (Wildman–Crippen LogP) is 2.06. The SMILES string of the molecule is CC(N)C1CC(NC(=O)OC(C)(C)C)C1.Cl. The molecule has 0 aromatic carbocycles. The molecule has 3 N–H and O–H groups in total. The molecule has 1 saturated carbocycles. The second-order valence-electron chi connectivity index (χ2n) is 5.43. The van der Waals surface area contributed by atoms with Gasteiger partial charge in [-0.15, -0.1) is 12.4 Å². The van der Waals surface area contributed by atoms with Gasteiger partial charge in [0.25, 0.3) is 0 Å². The van der Waals surface area contributed by atoms with Gasteiger partial charge in [0, 0.05) is 12.1 Å². The van der Waals surface area contributed by atoms with E-state index in [9.17, 15) is 4.79 Å². The third kappa shape index (κ3) is 5.03. The summed E-state index contributed by atoms with van der Waals surface area (Å²) in [6, 6.07) is 0.470. The second kappa shape index (κ2) is 5.73. The van der Waals surface area contributed by atoms with Crippen molar-refractivity contribution in [3.63, 3.8) is 0 Å². The first-order valence-electron chi connectivity index (χ1n) is 5.53. The first-order valence-corrected chi connectivity index (χ1v) is 5.53. The van der Waals surface area contributed by atoms with Crippen LogP contribution in [0.25, 0.3) is 0 Å². The minimum absolute atomic E-state index is 0. The van der Waals surface area contributed by atoms with Gasteiger partial charge in [-0.05, 0) is 46.5 Å². The van der Waals surface area contributed by atoms with E-state index in [4.69, 9.17) is 10.5 Å². The molecule has 4 nitrogen and oxygen atoms in total. The number of alkyl carbamates (subject to hydrolysis) is 1. The average Bonchev–Trinajstić information content (AvgIpc) is 1.91. The number of carbonyl (C=O) groups is 1. The lowest BCUT2D eigenvalue weighted by Crippen LogP contribution is -2.50. The van der Waals surface area contributed by atoms with Crippen LogP contribution in [-0.2, 0) is 4.74 Å². The van der Waals surface area contributed by atoms with Gasteiger partial charge in [0.15, 0.2) is 0 Å². The molecule has 0 heterocycles. The van der Waals surface area contributed by atoms with E-state index in [0.29, 0.717) is 5.92 Å². The molecule has 1 unspecified atom stereocenters. The highest BCUT2D eigenvalue weighted by Gasteiger charge is 2.33. The Morgan fingerprint density at radius 1 is 1.44 bits per heavy atom. The number of halogens is 1. The van der Waals surface area contributed by atoms with Gasteiger partial charge < -0.3 is 15.8 Å². The Balaban J connectivity index is 0.00000225. The van der Waals surface area contributed by atoms with E-state index in [-0.39, 0.29) is 30.6 Å². The summed E-state index contributed by atoms with van der Waals surface area (Å²) in [7, 11) is 0. The Hall–Kier alpha value is -0.480. The van der Waals surface area contributed by atoms with Gasteiger partial charge in [0.1, 0.15) is 5.60 Å². The fraction of sp³-hybridized carbons (Fsp3) is 0.909. The van der Waals surface area contributed by atoms with E-state index in [0.717, 1.165) is 12.8 Å². The lowest BCUT2D eigenvalue weighted by molar-refractivity contribution is 0.0444. The van der Waals surface area contributed by atoms with Gasteiger partial charge in [-0.1, -0.05) is 0 Å². The summed E-state index contributed by atoms with van der Waals surface area (Å²) in [6.07, 6.45) is 1.61. The molecule has 1 aliphatic carbocycles. The lowest BCUT2D eigenvalue weighted by atomic mass is 9.76. The van der Waals surface area contributed by atoms with Crippen LogP contribution in [0.4, 0.5) is 4.79 Å². The van der Waals surface area contributed by atoms with Crippen molar-refractivity contribution >= 4 is 18.5 Å². The zero-order valence-electron chi connectivity index (χ0n) is 10.4. The smallest absolute Gasteiger partial charge is 0.407 e. The zero-order chi connectivity index (χ0) is 11.6. The first kappa shape index (κ1) is 15.5. The molecule has 5 heteroatoms. The molecule has 0 bridgehead atoms. The lowest BCUT2D eigenvalue weighted by Gasteiger charge is -2.38. The molecule has 0 aromatic heterocycles. The molecular weight excluding hydrogens is 228 g/mol. The molecule has 0 saturated heterocycles. The maximum atomic E-state index is 11.4. The summed E-state index contributed by atoms with van der Waals surface area (Å²) < 4.78 is 5.16. The van der Waals surface area contributed by atoms with Crippen molar-refractivity contribution in [1.82, 2.24) is 5.32 Å². The largest absolute Gasteiger partial charge is 0.444 e. The highest BCUT2D eigenvalue weighted by molar-refractivity contribution is 5.85. The fourth-order valence-corrected chi connectivity index (χ4v) is 1.68. The van der Waals surface area contributed by atoms with Crippen LogP contribution in [-0.4, -0.2) is 23.8 Å². The molecule has 1 atom stereocenters. The minimum atomic E-state index is -0.422. The summed E-state index contributed by atoms with van der Waals surface area (Å²) in [5, 5.41) is 2.84. The molecule has 0 spiro atoms. The standard InChI is InChI=1S/C11H22N2O2.ClH/c1-7(12)8-5-9(6-8)13-10(14)15-11(2,3)4;/h7-9H,5-6,12H2,1-4H3,(H,13,14);1H. The summed E-state index contributed by atoms with van der Waals surface area (Å²) in [5.41, 5.74) is 5.33. The van der Waals surface area contributed by atoms with Crippen LogP contribution in [0.3, 0.4) is 0 Å².